The summed E-state index contributed by atoms with van der Waals surface area (Å²) >= 11 is 0. The highest BCUT2D eigenvalue weighted by molar-refractivity contribution is 5.93. The van der Waals surface area contributed by atoms with Crippen LogP contribution in [0.4, 0.5) is 0 Å². The number of hydrogen-bond acceptors (Lipinski definition) is 4. The van der Waals surface area contributed by atoms with Crippen LogP contribution in [0.15, 0.2) is 36.5 Å². The van der Waals surface area contributed by atoms with Gasteiger partial charge in [0.1, 0.15) is 22.7 Å². The molecule has 0 bridgehead atoms. The molecule has 30 heavy (non-hydrogen) atoms. The van der Waals surface area contributed by atoms with Crippen LogP contribution < -0.4 is 9.47 Å². The van der Waals surface area contributed by atoms with Gasteiger partial charge < -0.3 is 19.1 Å². The number of fused-ring (bicyclic) bond motifs is 2. The minimum Gasteiger partial charge on any atom is -0.495 e. The van der Waals surface area contributed by atoms with Crippen molar-refractivity contribution in [2.75, 3.05) is 14.2 Å². The maximum absolute atomic E-state index is 11.5. The summed E-state index contributed by atoms with van der Waals surface area (Å²) in [5.41, 5.74) is 4.73. The first kappa shape index (κ1) is 18.5. The lowest BCUT2D eigenvalue weighted by Gasteiger charge is -2.11. The molecule has 3 aromatic heterocycles. The van der Waals surface area contributed by atoms with E-state index in [0.29, 0.717) is 11.7 Å². The molecule has 0 amide bonds. The van der Waals surface area contributed by atoms with Crippen LogP contribution in [0.3, 0.4) is 0 Å². The number of aromatic carboxylic acids is 1. The van der Waals surface area contributed by atoms with E-state index in [0.717, 1.165) is 45.7 Å². The Bertz CT molecular complexity index is 1300. The molecule has 1 fully saturated rings. The van der Waals surface area contributed by atoms with Gasteiger partial charge in [0.25, 0.3) is 0 Å². The third-order valence-electron chi connectivity index (χ3n) is 5.88. The molecule has 1 aliphatic carbocycles. The van der Waals surface area contributed by atoms with Gasteiger partial charge in [-0.25, -0.2) is 9.31 Å². The van der Waals surface area contributed by atoms with E-state index in [9.17, 15) is 9.90 Å². The lowest BCUT2D eigenvalue weighted by molar-refractivity contribution is 0.0695. The molecule has 0 unspecified atom stereocenters. The molecule has 154 valence electrons. The van der Waals surface area contributed by atoms with Gasteiger partial charge >= 0.3 is 5.97 Å². The highest BCUT2D eigenvalue weighted by Crippen LogP contribution is 2.40. The smallest absolute Gasteiger partial charge is 0.337 e. The summed E-state index contributed by atoms with van der Waals surface area (Å²) < 4.78 is 15.1. The molecule has 7 heteroatoms. The zero-order chi connectivity index (χ0) is 21.0. The largest absolute Gasteiger partial charge is 0.495 e. The fraction of sp³-hybridized carbons (Fsp3) is 0.304. The number of rotatable bonds is 6. The maximum atomic E-state index is 11.5. The van der Waals surface area contributed by atoms with Crippen molar-refractivity contribution in [2.45, 2.75) is 26.3 Å². The average molecular weight is 405 g/mol. The molecule has 1 saturated carbocycles. The first-order chi connectivity index (χ1) is 14.5. The van der Waals surface area contributed by atoms with E-state index in [2.05, 4.69) is 16.7 Å². The molecule has 5 rings (SSSR count). The number of pyridine rings is 1. The van der Waals surface area contributed by atoms with E-state index in [1.807, 2.05) is 19.1 Å². The zero-order valence-electron chi connectivity index (χ0n) is 17.2. The normalized spacial score (nSPS) is 13.8. The van der Waals surface area contributed by atoms with Crippen LogP contribution in [0.25, 0.3) is 27.8 Å². The minimum absolute atomic E-state index is 0.133. The number of benzene rings is 1. The molecule has 4 aromatic rings. The molecule has 1 N–H and O–H groups in total. The van der Waals surface area contributed by atoms with Gasteiger partial charge in [-0.05, 0) is 43.9 Å². The Morgan fingerprint density at radius 3 is 2.60 bits per heavy atom. The highest BCUT2D eigenvalue weighted by Gasteiger charge is 2.27. The number of nitrogens with zero attached hydrogens (tertiary/aromatic N) is 3. The predicted molar refractivity (Wildman–Crippen MR) is 114 cm³/mol. The molecule has 1 aromatic carbocycles. The number of carbonyl (C=O) groups is 1. The zero-order valence-corrected chi connectivity index (χ0v) is 17.2. The number of ether oxygens (including phenoxy) is 2. The summed E-state index contributed by atoms with van der Waals surface area (Å²) in [4.78, 5) is 11.5. The summed E-state index contributed by atoms with van der Waals surface area (Å²) in [6.45, 7) is 2.90. The van der Waals surface area contributed by atoms with E-state index in [-0.39, 0.29) is 5.56 Å². The van der Waals surface area contributed by atoms with Crippen LogP contribution in [0.1, 0.15) is 28.8 Å². The summed E-state index contributed by atoms with van der Waals surface area (Å²) in [7, 11) is 3.24. The van der Waals surface area contributed by atoms with Crippen molar-refractivity contribution in [1.29, 1.82) is 0 Å². The van der Waals surface area contributed by atoms with Gasteiger partial charge in [-0.3, -0.25) is 0 Å². The summed E-state index contributed by atoms with van der Waals surface area (Å²) in [6.07, 6.45) is 3.99. The van der Waals surface area contributed by atoms with Crippen molar-refractivity contribution in [2.24, 2.45) is 5.92 Å². The Morgan fingerprint density at radius 2 is 1.93 bits per heavy atom. The lowest BCUT2D eigenvalue weighted by atomic mass is 10.1. The predicted octanol–water partition coefficient (Wildman–Crippen LogP) is 4.39. The van der Waals surface area contributed by atoms with Gasteiger partial charge in [0, 0.05) is 23.7 Å². The fourth-order valence-electron chi connectivity index (χ4n) is 4.20. The molecular weight excluding hydrogens is 382 g/mol. The van der Waals surface area contributed by atoms with Crippen molar-refractivity contribution in [3.8, 4) is 22.9 Å². The van der Waals surface area contributed by atoms with Crippen molar-refractivity contribution in [1.82, 2.24) is 14.2 Å². The van der Waals surface area contributed by atoms with Crippen molar-refractivity contribution in [3.05, 3.63) is 47.7 Å². The van der Waals surface area contributed by atoms with Gasteiger partial charge in [-0.15, -0.1) is 0 Å². The molecular formula is C23H23N3O4. The Kier molecular flexibility index (Phi) is 4.20. The van der Waals surface area contributed by atoms with E-state index in [1.165, 1.54) is 19.0 Å². The van der Waals surface area contributed by atoms with Crippen molar-refractivity contribution in [3.63, 3.8) is 0 Å². The second-order valence-electron chi connectivity index (χ2n) is 7.85. The van der Waals surface area contributed by atoms with Gasteiger partial charge in [0.2, 0.25) is 0 Å². The van der Waals surface area contributed by atoms with Crippen LogP contribution in [0, 0.1) is 12.8 Å². The second kappa shape index (κ2) is 6.79. The number of aryl methyl sites for hydroxylation is 1. The third-order valence-corrected chi connectivity index (χ3v) is 5.88. The summed E-state index contributed by atoms with van der Waals surface area (Å²) in [6, 6.07) is 9.73. The monoisotopic (exact) mass is 405 g/mol. The van der Waals surface area contributed by atoms with Crippen molar-refractivity contribution >= 4 is 22.4 Å². The van der Waals surface area contributed by atoms with E-state index in [4.69, 9.17) is 14.6 Å². The summed E-state index contributed by atoms with van der Waals surface area (Å²) in [5.74, 6) is 0.979. The minimum atomic E-state index is -1.02. The van der Waals surface area contributed by atoms with Gasteiger partial charge in [0.15, 0.2) is 0 Å². The molecule has 1 aliphatic rings. The first-order valence-electron chi connectivity index (χ1n) is 9.98. The molecule has 0 radical (unpaired) electrons. The average Bonchev–Trinajstić information content (AvgIpc) is 3.41. The Morgan fingerprint density at radius 1 is 1.17 bits per heavy atom. The Hall–Kier alpha value is -3.48. The van der Waals surface area contributed by atoms with Crippen LogP contribution >= 0.6 is 0 Å². The summed E-state index contributed by atoms with van der Waals surface area (Å²) in [5, 5.41) is 15.3. The van der Waals surface area contributed by atoms with Crippen LogP contribution in [-0.4, -0.2) is 39.5 Å². The van der Waals surface area contributed by atoms with Crippen LogP contribution in [0.5, 0.6) is 11.5 Å². The number of carboxylic acid groups (broad SMARTS) is 1. The van der Waals surface area contributed by atoms with Gasteiger partial charge in [-0.1, -0.05) is 12.1 Å². The number of aromatic nitrogens is 3. The molecule has 3 heterocycles. The Labute approximate surface area is 173 Å². The van der Waals surface area contributed by atoms with Crippen molar-refractivity contribution < 1.29 is 19.4 Å². The molecule has 0 atom stereocenters. The Balaban J connectivity index is 1.79. The number of hydrogen-bond donors (Lipinski definition) is 1. The molecule has 0 saturated heterocycles. The fourth-order valence-corrected chi connectivity index (χ4v) is 4.20. The standard InChI is InChI=1S/C23H23N3O4/c1-13-20(24-26-12-16(23(27)28)10-19(30-3)21(13)26)17-9-15-5-4-6-18(29-2)22(15)25(17)11-14-7-8-14/h4-6,9-10,12,14H,7-8,11H2,1-3H3,(H,27,28). The van der Waals surface area contributed by atoms with Crippen LogP contribution in [-0.2, 0) is 6.54 Å². The van der Waals surface area contributed by atoms with Gasteiger partial charge in [0.05, 0.1) is 31.0 Å². The highest BCUT2D eigenvalue weighted by atomic mass is 16.5. The lowest BCUT2D eigenvalue weighted by Crippen LogP contribution is -2.04. The van der Waals surface area contributed by atoms with E-state index >= 15 is 0 Å². The quantitative estimate of drug-likeness (QED) is 0.515. The second-order valence-corrected chi connectivity index (χ2v) is 7.85. The van der Waals surface area contributed by atoms with Crippen LogP contribution in [0.2, 0.25) is 0 Å². The molecule has 7 nitrogen and oxygen atoms in total. The third kappa shape index (κ3) is 2.81. The molecule has 0 spiro atoms. The topological polar surface area (TPSA) is 78.0 Å². The van der Waals surface area contributed by atoms with E-state index < -0.39 is 5.97 Å². The number of methoxy groups -OCH3 is 2. The first-order valence-corrected chi connectivity index (χ1v) is 9.98. The number of carboxylic acids is 1. The van der Waals surface area contributed by atoms with Gasteiger partial charge in [-0.2, -0.15) is 5.10 Å². The number of para-hydroxylation sites is 1. The SMILES string of the molecule is COc1cccc2cc(-c3nn4cc(C(=O)O)cc(OC)c4c3C)n(CC3CC3)c12. The maximum Gasteiger partial charge on any atom is 0.337 e. The van der Waals surface area contributed by atoms with E-state index in [1.54, 1.807) is 24.8 Å². The molecule has 0 aliphatic heterocycles.